The van der Waals surface area contributed by atoms with Gasteiger partial charge in [-0.1, -0.05) is 74.5 Å². The van der Waals surface area contributed by atoms with Gasteiger partial charge >= 0.3 is 7.48 Å². The molecule has 111 valence electrons. The molecular weight excluding hydrogens is 279 g/mol. The van der Waals surface area contributed by atoms with Crippen LogP contribution in [0.25, 0.3) is 22.3 Å². The highest BCUT2D eigenvalue weighted by Gasteiger charge is 2.35. The van der Waals surface area contributed by atoms with Gasteiger partial charge in [-0.25, -0.2) is 0 Å². The lowest BCUT2D eigenvalue weighted by Gasteiger charge is -2.22. The van der Waals surface area contributed by atoms with Gasteiger partial charge < -0.3 is 5.02 Å². The van der Waals surface area contributed by atoms with Gasteiger partial charge in [0.2, 0.25) is 0 Å². The van der Waals surface area contributed by atoms with E-state index < -0.39 is 0 Å². The molecule has 0 aliphatic heterocycles. The van der Waals surface area contributed by atoms with Crippen molar-refractivity contribution in [3.8, 4) is 22.3 Å². The lowest BCUT2D eigenvalue weighted by molar-refractivity contribution is 0.615. The van der Waals surface area contributed by atoms with Crippen LogP contribution in [0.3, 0.4) is 0 Å². The van der Waals surface area contributed by atoms with Crippen LogP contribution in [0.5, 0.6) is 0 Å². The zero-order chi connectivity index (χ0) is 16.0. The Morgan fingerprint density at radius 3 is 2.17 bits per heavy atom. The van der Waals surface area contributed by atoms with Gasteiger partial charge in [-0.05, 0) is 44.9 Å². The Morgan fingerprint density at radius 2 is 1.39 bits per heavy atom. The molecule has 0 bridgehead atoms. The van der Waals surface area contributed by atoms with Crippen LogP contribution in [-0.4, -0.2) is 12.5 Å². The molecule has 0 atom stereocenters. The van der Waals surface area contributed by atoms with Crippen LogP contribution < -0.4 is 5.46 Å². The summed E-state index contributed by atoms with van der Waals surface area (Å²) in [5.41, 5.74) is 8.44. The number of hydrogen-bond acceptors (Lipinski definition) is 1. The third-order valence-electron chi connectivity index (χ3n) is 4.99. The van der Waals surface area contributed by atoms with Crippen molar-refractivity contribution in [1.29, 1.82) is 0 Å². The molecular formula is C21H18BO. The lowest BCUT2D eigenvalue weighted by Crippen LogP contribution is -2.17. The van der Waals surface area contributed by atoms with Gasteiger partial charge in [0.25, 0.3) is 0 Å². The predicted molar refractivity (Wildman–Crippen MR) is 97.0 cm³/mol. The van der Waals surface area contributed by atoms with Gasteiger partial charge in [0.05, 0.1) is 0 Å². The Kier molecular flexibility index (Phi) is 3.17. The smallest absolute Gasteiger partial charge is 0.327 e. The van der Waals surface area contributed by atoms with Crippen molar-refractivity contribution in [2.75, 3.05) is 0 Å². The zero-order valence-corrected chi connectivity index (χ0v) is 13.4. The van der Waals surface area contributed by atoms with Gasteiger partial charge in [0.1, 0.15) is 0 Å². The van der Waals surface area contributed by atoms with E-state index in [4.69, 9.17) is 0 Å². The standard InChI is InChI=1S/C21H18BO/c1-21(2)18-9-5-3-8-16(18)17-12-11-14(13-19(17)21)15-7-4-6-10-20(15)22-23/h3-13,23H,1-2H3. The van der Waals surface area contributed by atoms with Crippen molar-refractivity contribution in [2.45, 2.75) is 19.3 Å². The molecule has 3 aromatic carbocycles. The zero-order valence-electron chi connectivity index (χ0n) is 13.4. The maximum Gasteiger partial charge on any atom is 0.327 e. The summed E-state index contributed by atoms with van der Waals surface area (Å²) in [5, 5.41) is 9.49. The van der Waals surface area contributed by atoms with E-state index in [0.29, 0.717) is 0 Å². The quantitative estimate of drug-likeness (QED) is 0.711. The van der Waals surface area contributed by atoms with Crippen LogP contribution in [0.4, 0.5) is 0 Å². The van der Waals surface area contributed by atoms with E-state index in [2.05, 4.69) is 62.4 Å². The summed E-state index contributed by atoms with van der Waals surface area (Å²) in [6.45, 7) is 4.57. The first-order chi connectivity index (χ1) is 11.1. The molecule has 3 aromatic rings. The van der Waals surface area contributed by atoms with E-state index in [0.717, 1.165) is 16.6 Å². The molecule has 0 heterocycles. The van der Waals surface area contributed by atoms with E-state index in [1.54, 1.807) is 0 Å². The highest BCUT2D eigenvalue weighted by atomic mass is 16.2. The fourth-order valence-corrected chi connectivity index (χ4v) is 3.74. The van der Waals surface area contributed by atoms with Crippen molar-refractivity contribution in [3.63, 3.8) is 0 Å². The van der Waals surface area contributed by atoms with Crippen molar-refractivity contribution < 1.29 is 5.02 Å². The van der Waals surface area contributed by atoms with Gasteiger partial charge in [-0.2, -0.15) is 0 Å². The summed E-state index contributed by atoms with van der Waals surface area (Å²) in [4.78, 5) is 0. The SMILES string of the molecule is CC1(C)c2ccccc2-c2ccc(-c3ccccc3[B]O)cc21. The Hall–Kier alpha value is -2.32. The van der Waals surface area contributed by atoms with Crippen LogP contribution in [0.15, 0.2) is 66.7 Å². The highest BCUT2D eigenvalue weighted by Crippen LogP contribution is 2.49. The number of rotatable bonds is 2. The van der Waals surface area contributed by atoms with Crippen LogP contribution in [0, 0.1) is 0 Å². The van der Waals surface area contributed by atoms with Crippen LogP contribution in [0.1, 0.15) is 25.0 Å². The Morgan fingerprint density at radius 1 is 0.739 bits per heavy atom. The second-order valence-corrected chi connectivity index (χ2v) is 6.65. The Labute approximate surface area is 137 Å². The van der Waals surface area contributed by atoms with Crippen molar-refractivity contribution in [1.82, 2.24) is 0 Å². The molecule has 1 aliphatic rings. The van der Waals surface area contributed by atoms with Gasteiger partial charge in [0, 0.05) is 5.41 Å². The molecule has 0 aromatic heterocycles. The van der Waals surface area contributed by atoms with E-state index in [1.807, 2.05) is 18.2 Å². The monoisotopic (exact) mass is 297 g/mol. The number of hydrogen-bond donors (Lipinski definition) is 1. The van der Waals surface area contributed by atoms with Crippen LogP contribution in [0.2, 0.25) is 0 Å². The van der Waals surface area contributed by atoms with Gasteiger partial charge in [-0.15, -0.1) is 0 Å². The minimum absolute atomic E-state index is 0.000189. The molecule has 2 heteroatoms. The molecule has 0 saturated heterocycles. The molecule has 0 unspecified atom stereocenters. The Bertz CT molecular complexity index is 896. The van der Waals surface area contributed by atoms with E-state index in [-0.39, 0.29) is 5.41 Å². The van der Waals surface area contributed by atoms with E-state index >= 15 is 0 Å². The average Bonchev–Trinajstić information content (AvgIpc) is 2.83. The lowest BCUT2D eigenvalue weighted by atomic mass is 9.79. The molecule has 0 fully saturated rings. The summed E-state index contributed by atoms with van der Waals surface area (Å²) in [5.74, 6) is 0. The first-order valence-corrected chi connectivity index (χ1v) is 7.94. The second kappa shape index (κ2) is 5.11. The van der Waals surface area contributed by atoms with E-state index in [9.17, 15) is 5.02 Å². The largest absolute Gasteiger partial charge is 0.450 e. The average molecular weight is 297 g/mol. The second-order valence-electron chi connectivity index (χ2n) is 6.65. The van der Waals surface area contributed by atoms with E-state index in [1.165, 1.54) is 29.7 Å². The summed E-state index contributed by atoms with van der Waals surface area (Å²) < 4.78 is 0. The van der Waals surface area contributed by atoms with Crippen molar-refractivity contribution >= 4 is 12.9 Å². The molecule has 0 spiro atoms. The summed E-state index contributed by atoms with van der Waals surface area (Å²) >= 11 is 0. The van der Waals surface area contributed by atoms with Gasteiger partial charge in [-0.3, -0.25) is 0 Å². The number of fused-ring (bicyclic) bond motifs is 3. The molecule has 23 heavy (non-hydrogen) atoms. The molecule has 1 radical (unpaired) electrons. The minimum Gasteiger partial charge on any atom is -0.450 e. The maximum absolute atomic E-state index is 9.49. The Balaban J connectivity index is 1.93. The summed E-state index contributed by atoms with van der Waals surface area (Å²) in [7, 11) is 1.18. The fraction of sp³-hybridized carbons (Fsp3) is 0.143. The normalized spacial score (nSPS) is 14.2. The molecule has 1 N–H and O–H groups in total. The molecule has 1 aliphatic carbocycles. The first-order valence-electron chi connectivity index (χ1n) is 7.94. The third-order valence-corrected chi connectivity index (χ3v) is 4.99. The van der Waals surface area contributed by atoms with Crippen LogP contribution in [-0.2, 0) is 5.41 Å². The minimum atomic E-state index is -0.000189. The predicted octanol–water partition coefficient (Wildman–Crippen LogP) is 3.90. The maximum atomic E-state index is 9.49. The van der Waals surface area contributed by atoms with Crippen molar-refractivity contribution in [2.24, 2.45) is 0 Å². The molecule has 0 amide bonds. The first kappa shape index (κ1) is 14.3. The van der Waals surface area contributed by atoms with Crippen molar-refractivity contribution in [3.05, 3.63) is 77.9 Å². The van der Waals surface area contributed by atoms with Crippen LogP contribution >= 0.6 is 0 Å². The third kappa shape index (κ3) is 2.06. The topological polar surface area (TPSA) is 20.2 Å². The number of benzene rings is 3. The molecule has 0 saturated carbocycles. The molecule has 1 nitrogen and oxygen atoms in total. The highest BCUT2D eigenvalue weighted by molar-refractivity contribution is 6.48. The van der Waals surface area contributed by atoms with Gasteiger partial charge in [0.15, 0.2) is 0 Å². The fourth-order valence-electron chi connectivity index (χ4n) is 3.74. The summed E-state index contributed by atoms with van der Waals surface area (Å²) in [6, 6.07) is 23.2. The summed E-state index contributed by atoms with van der Waals surface area (Å²) in [6.07, 6.45) is 0. The molecule has 4 rings (SSSR count).